The number of hydrogen-bond acceptors (Lipinski definition) is 5. The SMILES string of the molecule is CC1(C)OC(N[C@@]23C[C@@H]4C[C@@H](C[C@@](O)(C4)C2)C3)=NS(=O)(=O)C1(C)C. The molecule has 1 aliphatic heterocycles. The first-order valence-corrected chi connectivity index (χ1v) is 10.3. The number of sulfonamides is 1. The lowest BCUT2D eigenvalue weighted by Crippen LogP contribution is -2.67. The van der Waals surface area contributed by atoms with E-state index in [9.17, 15) is 13.5 Å². The summed E-state index contributed by atoms with van der Waals surface area (Å²) >= 11 is 0. The summed E-state index contributed by atoms with van der Waals surface area (Å²) in [5.74, 6) is 1.02. The molecule has 0 unspecified atom stereocenters. The van der Waals surface area contributed by atoms with E-state index in [1.54, 1.807) is 27.7 Å². The lowest BCUT2D eigenvalue weighted by atomic mass is 9.51. The monoisotopic (exact) mass is 356 g/mol. The Labute approximate surface area is 144 Å². The Bertz CT molecular complexity index is 696. The smallest absolute Gasteiger partial charge is 0.301 e. The lowest BCUT2D eigenvalue weighted by molar-refractivity contribution is -0.139. The topological polar surface area (TPSA) is 88.0 Å². The molecular weight excluding hydrogens is 328 g/mol. The zero-order chi connectivity index (χ0) is 17.6. The van der Waals surface area contributed by atoms with E-state index in [1.807, 2.05) is 0 Å². The van der Waals surface area contributed by atoms with Crippen molar-refractivity contribution in [2.75, 3.05) is 0 Å². The molecule has 4 atom stereocenters. The van der Waals surface area contributed by atoms with Crippen LogP contribution in [0.1, 0.15) is 66.2 Å². The van der Waals surface area contributed by atoms with Gasteiger partial charge >= 0.3 is 6.02 Å². The molecule has 4 fully saturated rings. The van der Waals surface area contributed by atoms with Crippen LogP contribution in [0.5, 0.6) is 0 Å². The zero-order valence-electron chi connectivity index (χ0n) is 14.9. The molecule has 4 bridgehead atoms. The van der Waals surface area contributed by atoms with Crippen LogP contribution >= 0.6 is 0 Å². The average Bonchev–Trinajstić information content (AvgIpc) is 2.31. The van der Waals surface area contributed by atoms with Gasteiger partial charge in [-0.05, 0) is 78.1 Å². The van der Waals surface area contributed by atoms with Crippen LogP contribution in [-0.2, 0) is 14.8 Å². The highest BCUT2D eigenvalue weighted by molar-refractivity contribution is 7.91. The average molecular weight is 356 g/mol. The number of ether oxygens (including phenoxy) is 1. The standard InChI is InChI=1S/C17H28N2O4S/c1-14(2)15(3,4)24(21,22)19-13(23-14)18-16-6-11-5-12(7-16)9-17(20,8-11)10-16/h11-12,20H,5-10H2,1-4H3,(H,18,19)/t11-,12+,16+,17-. The Hall–Kier alpha value is -0.820. The van der Waals surface area contributed by atoms with Crippen molar-refractivity contribution in [1.82, 2.24) is 5.32 Å². The van der Waals surface area contributed by atoms with Gasteiger partial charge in [0.2, 0.25) is 0 Å². The van der Waals surface area contributed by atoms with Crippen LogP contribution in [0.4, 0.5) is 0 Å². The maximum atomic E-state index is 12.6. The number of hydrogen-bond donors (Lipinski definition) is 2. The number of aliphatic hydroxyl groups is 1. The molecule has 2 N–H and O–H groups in total. The highest BCUT2D eigenvalue weighted by atomic mass is 32.2. The lowest BCUT2D eigenvalue weighted by Gasteiger charge is -2.60. The summed E-state index contributed by atoms with van der Waals surface area (Å²) in [4.78, 5) is 0. The van der Waals surface area contributed by atoms with Gasteiger partial charge in [-0.3, -0.25) is 0 Å². The molecule has 0 aromatic rings. The minimum absolute atomic E-state index is 0.102. The summed E-state index contributed by atoms with van der Waals surface area (Å²) in [6.45, 7) is 6.87. The van der Waals surface area contributed by atoms with Crippen molar-refractivity contribution in [1.29, 1.82) is 0 Å². The van der Waals surface area contributed by atoms with Gasteiger partial charge in [0, 0.05) is 5.54 Å². The Morgan fingerprint density at radius 3 is 2.21 bits per heavy atom. The molecule has 0 saturated heterocycles. The molecule has 0 aromatic heterocycles. The van der Waals surface area contributed by atoms with Crippen LogP contribution < -0.4 is 5.32 Å². The van der Waals surface area contributed by atoms with Gasteiger partial charge in [0.25, 0.3) is 10.0 Å². The molecule has 4 saturated carbocycles. The fourth-order valence-electron chi connectivity index (χ4n) is 5.55. The number of nitrogens with one attached hydrogen (secondary N) is 1. The van der Waals surface area contributed by atoms with E-state index in [1.165, 1.54) is 6.42 Å². The van der Waals surface area contributed by atoms with Crippen molar-refractivity contribution < 1.29 is 18.3 Å². The van der Waals surface area contributed by atoms with Crippen LogP contribution in [-0.4, -0.2) is 41.0 Å². The number of nitrogens with zero attached hydrogens (tertiary/aromatic N) is 1. The molecular formula is C17H28N2O4S. The maximum absolute atomic E-state index is 12.6. The maximum Gasteiger partial charge on any atom is 0.301 e. The first-order chi connectivity index (χ1) is 10.9. The number of amidine groups is 1. The van der Waals surface area contributed by atoms with E-state index in [0.717, 1.165) is 25.7 Å². The van der Waals surface area contributed by atoms with Gasteiger partial charge in [-0.15, -0.1) is 4.40 Å². The number of rotatable bonds is 1. The normalized spacial score (nSPS) is 47.0. The van der Waals surface area contributed by atoms with Crippen molar-refractivity contribution in [2.24, 2.45) is 16.2 Å². The minimum atomic E-state index is -3.68. The second kappa shape index (κ2) is 4.47. The summed E-state index contributed by atoms with van der Waals surface area (Å²) in [7, 11) is -3.68. The highest BCUT2D eigenvalue weighted by Crippen LogP contribution is 2.57. The third kappa shape index (κ3) is 2.23. The molecule has 5 rings (SSSR count). The fourth-order valence-corrected chi connectivity index (χ4v) is 6.75. The zero-order valence-corrected chi connectivity index (χ0v) is 15.7. The van der Waals surface area contributed by atoms with Gasteiger partial charge in [-0.2, -0.15) is 0 Å². The van der Waals surface area contributed by atoms with Gasteiger partial charge < -0.3 is 15.2 Å². The van der Waals surface area contributed by atoms with Crippen molar-refractivity contribution >= 4 is 16.0 Å². The molecule has 0 amide bonds. The van der Waals surface area contributed by atoms with Crippen molar-refractivity contribution in [3.8, 4) is 0 Å². The molecule has 5 aliphatic rings. The van der Waals surface area contributed by atoms with Crippen molar-refractivity contribution in [3.05, 3.63) is 0 Å². The Morgan fingerprint density at radius 2 is 1.71 bits per heavy atom. The van der Waals surface area contributed by atoms with Crippen LogP contribution in [0.25, 0.3) is 0 Å². The van der Waals surface area contributed by atoms with Gasteiger partial charge in [0.1, 0.15) is 10.3 Å². The largest absolute Gasteiger partial charge is 0.457 e. The molecule has 24 heavy (non-hydrogen) atoms. The second-order valence-corrected chi connectivity index (χ2v) is 11.7. The summed E-state index contributed by atoms with van der Waals surface area (Å²) in [5.41, 5.74) is -1.78. The predicted molar refractivity (Wildman–Crippen MR) is 91.1 cm³/mol. The summed E-state index contributed by atoms with van der Waals surface area (Å²) in [5, 5.41) is 14.2. The summed E-state index contributed by atoms with van der Waals surface area (Å²) < 4.78 is 34.1. The molecule has 136 valence electrons. The van der Waals surface area contributed by atoms with Gasteiger partial charge in [0.05, 0.1) is 5.60 Å². The van der Waals surface area contributed by atoms with Crippen LogP contribution in [0.2, 0.25) is 0 Å². The molecule has 6 nitrogen and oxygen atoms in total. The quantitative estimate of drug-likeness (QED) is 0.749. The Balaban J connectivity index is 1.66. The van der Waals surface area contributed by atoms with Crippen LogP contribution in [0.3, 0.4) is 0 Å². The van der Waals surface area contributed by atoms with Crippen LogP contribution in [0.15, 0.2) is 4.40 Å². The summed E-state index contributed by atoms with van der Waals surface area (Å²) in [6.07, 6.45) is 5.49. The third-order valence-electron chi connectivity index (χ3n) is 7.05. The third-order valence-corrected chi connectivity index (χ3v) is 9.24. The Morgan fingerprint density at radius 1 is 1.12 bits per heavy atom. The Kier molecular flexibility index (Phi) is 3.10. The minimum Gasteiger partial charge on any atom is -0.457 e. The van der Waals surface area contributed by atoms with Crippen LogP contribution in [0, 0.1) is 11.8 Å². The van der Waals surface area contributed by atoms with Gasteiger partial charge in [-0.25, -0.2) is 8.42 Å². The highest BCUT2D eigenvalue weighted by Gasteiger charge is 2.59. The van der Waals surface area contributed by atoms with E-state index in [0.29, 0.717) is 18.3 Å². The molecule has 1 heterocycles. The molecule has 0 radical (unpaired) electrons. The van der Waals surface area contributed by atoms with E-state index in [2.05, 4.69) is 9.71 Å². The van der Waals surface area contributed by atoms with Crippen molar-refractivity contribution in [3.63, 3.8) is 0 Å². The van der Waals surface area contributed by atoms with E-state index < -0.39 is 26.0 Å². The van der Waals surface area contributed by atoms with Gasteiger partial charge in [0.15, 0.2) is 0 Å². The second-order valence-electron chi connectivity index (χ2n) is 9.58. The van der Waals surface area contributed by atoms with Crippen molar-refractivity contribution in [2.45, 2.75) is 87.7 Å². The van der Waals surface area contributed by atoms with E-state index in [4.69, 9.17) is 4.74 Å². The molecule has 0 spiro atoms. The molecule has 0 aromatic carbocycles. The fraction of sp³-hybridized carbons (Fsp3) is 0.941. The van der Waals surface area contributed by atoms with Gasteiger partial charge in [-0.1, -0.05) is 0 Å². The molecule has 7 heteroatoms. The molecule has 4 aliphatic carbocycles. The first-order valence-electron chi connectivity index (χ1n) is 8.90. The van der Waals surface area contributed by atoms with E-state index >= 15 is 0 Å². The predicted octanol–water partition coefficient (Wildman–Crippen LogP) is 1.93. The van der Waals surface area contributed by atoms with E-state index in [-0.39, 0.29) is 11.6 Å². The summed E-state index contributed by atoms with van der Waals surface area (Å²) in [6, 6.07) is 0.102. The first kappa shape index (κ1) is 16.6.